The van der Waals surface area contributed by atoms with Gasteiger partial charge in [-0.05, 0) is 43.2 Å². The Morgan fingerprint density at radius 1 is 1.32 bits per heavy atom. The van der Waals surface area contributed by atoms with E-state index >= 15 is 0 Å². The maximum atomic E-state index is 4.47. The molecule has 0 saturated carbocycles. The van der Waals surface area contributed by atoms with E-state index in [9.17, 15) is 0 Å². The van der Waals surface area contributed by atoms with Gasteiger partial charge in [-0.3, -0.25) is 0 Å². The Morgan fingerprint density at radius 3 is 3.00 bits per heavy atom. The number of nitrogens with one attached hydrogen (secondary N) is 2. The third-order valence-corrected chi connectivity index (χ3v) is 4.46. The van der Waals surface area contributed by atoms with Gasteiger partial charge in [-0.1, -0.05) is 0 Å². The first-order valence-electron chi connectivity index (χ1n) is 6.62. The fourth-order valence-electron chi connectivity index (χ4n) is 2.58. The highest BCUT2D eigenvalue weighted by atomic mass is 32.1. The summed E-state index contributed by atoms with van der Waals surface area (Å²) in [6, 6.07) is 4.59. The minimum Gasteiger partial charge on any atom is -0.373 e. The fourth-order valence-corrected chi connectivity index (χ4v) is 3.57. The van der Waals surface area contributed by atoms with Crippen LogP contribution in [0, 0.1) is 6.92 Å². The van der Waals surface area contributed by atoms with E-state index in [1.807, 2.05) is 31.4 Å². The zero-order valence-corrected chi connectivity index (χ0v) is 12.0. The molecule has 2 aromatic heterocycles. The van der Waals surface area contributed by atoms with Crippen LogP contribution in [0.25, 0.3) is 0 Å². The van der Waals surface area contributed by atoms with Crippen LogP contribution in [0.1, 0.15) is 35.1 Å². The zero-order chi connectivity index (χ0) is 13.2. The summed E-state index contributed by atoms with van der Waals surface area (Å²) >= 11 is 1.87. The minimum atomic E-state index is 0.383. The number of rotatable bonds is 3. The van der Waals surface area contributed by atoms with Gasteiger partial charge in [-0.2, -0.15) is 0 Å². The van der Waals surface area contributed by atoms with Gasteiger partial charge in [0.2, 0.25) is 0 Å². The molecule has 1 atom stereocenters. The van der Waals surface area contributed by atoms with E-state index in [2.05, 4.69) is 32.0 Å². The molecule has 1 aliphatic carbocycles. The second kappa shape index (κ2) is 5.17. The van der Waals surface area contributed by atoms with E-state index in [1.165, 1.54) is 29.7 Å². The third-order valence-electron chi connectivity index (χ3n) is 3.47. The van der Waals surface area contributed by atoms with Gasteiger partial charge in [0.1, 0.15) is 17.5 Å². The Hall–Kier alpha value is -1.62. The molecule has 2 aromatic rings. The fraction of sp³-hybridized carbons (Fsp3) is 0.429. The van der Waals surface area contributed by atoms with Crippen LogP contribution in [0.15, 0.2) is 17.5 Å². The second-order valence-corrected chi connectivity index (χ2v) is 5.82. The van der Waals surface area contributed by atoms with Gasteiger partial charge >= 0.3 is 0 Å². The number of thiophene rings is 1. The maximum absolute atomic E-state index is 4.47. The van der Waals surface area contributed by atoms with Crippen LogP contribution in [0.5, 0.6) is 0 Å². The maximum Gasteiger partial charge on any atom is 0.132 e. The molecular formula is C14H18N4S. The third kappa shape index (κ3) is 2.56. The van der Waals surface area contributed by atoms with Crippen molar-refractivity contribution in [2.45, 2.75) is 32.2 Å². The average molecular weight is 274 g/mol. The van der Waals surface area contributed by atoms with Crippen molar-refractivity contribution in [2.24, 2.45) is 0 Å². The summed E-state index contributed by atoms with van der Waals surface area (Å²) in [7, 11) is 1.88. The first-order valence-corrected chi connectivity index (χ1v) is 7.50. The van der Waals surface area contributed by atoms with Crippen molar-refractivity contribution < 1.29 is 0 Å². The van der Waals surface area contributed by atoms with E-state index in [0.29, 0.717) is 6.04 Å². The van der Waals surface area contributed by atoms with Gasteiger partial charge in [-0.15, -0.1) is 11.3 Å². The number of aryl methyl sites for hydroxylation is 2. The first-order chi connectivity index (χ1) is 9.26. The molecule has 1 unspecified atom stereocenters. The molecule has 2 N–H and O–H groups in total. The molecule has 2 heterocycles. The van der Waals surface area contributed by atoms with Crippen LogP contribution in [0.2, 0.25) is 0 Å². The lowest BCUT2D eigenvalue weighted by Crippen LogP contribution is -2.16. The Bertz CT molecular complexity index is 579. The molecule has 5 heteroatoms. The van der Waals surface area contributed by atoms with Crippen LogP contribution in [-0.4, -0.2) is 17.0 Å². The molecule has 19 heavy (non-hydrogen) atoms. The number of hydrogen-bond acceptors (Lipinski definition) is 5. The lowest BCUT2D eigenvalue weighted by Gasteiger charge is -2.24. The van der Waals surface area contributed by atoms with Gasteiger partial charge in [0.25, 0.3) is 0 Å². The van der Waals surface area contributed by atoms with Crippen LogP contribution in [-0.2, 0) is 6.42 Å². The Kier molecular flexibility index (Phi) is 3.38. The topological polar surface area (TPSA) is 49.8 Å². The summed E-state index contributed by atoms with van der Waals surface area (Å²) < 4.78 is 0. The van der Waals surface area contributed by atoms with Crippen LogP contribution in [0.4, 0.5) is 11.6 Å². The summed E-state index contributed by atoms with van der Waals surface area (Å²) in [6.07, 6.45) is 3.63. The van der Waals surface area contributed by atoms with Crippen molar-refractivity contribution >= 4 is 23.0 Å². The standard InChI is InChI=1S/C14H18N4S/c1-9-16-13(15-2)8-14(17-9)18-11-4-3-5-12-10(11)6-7-19-12/h6-8,11H,3-5H2,1-2H3,(H2,15,16,17,18). The monoisotopic (exact) mass is 274 g/mol. The van der Waals surface area contributed by atoms with Crippen molar-refractivity contribution in [2.75, 3.05) is 17.7 Å². The SMILES string of the molecule is CNc1cc(NC2CCCc3sccc32)nc(C)n1. The van der Waals surface area contributed by atoms with Gasteiger partial charge in [0.05, 0.1) is 6.04 Å². The molecule has 0 bridgehead atoms. The number of fused-ring (bicyclic) bond motifs is 1. The van der Waals surface area contributed by atoms with Crippen molar-refractivity contribution in [3.8, 4) is 0 Å². The van der Waals surface area contributed by atoms with Crippen molar-refractivity contribution in [1.29, 1.82) is 0 Å². The largest absolute Gasteiger partial charge is 0.373 e. The van der Waals surface area contributed by atoms with E-state index in [0.717, 1.165) is 17.5 Å². The van der Waals surface area contributed by atoms with Crippen LogP contribution < -0.4 is 10.6 Å². The predicted molar refractivity (Wildman–Crippen MR) is 79.9 cm³/mol. The van der Waals surface area contributed by atoms with E-state index in [4.69, 9.17) is 0 Å². The Morgan fingerprint density at radius 2 is 2.16 bits per heavy atom. The number of hydrogen-bond donors (Lipinski definition) is 2. The lowest BCUT2D eigenvalue weighted by atomic mass is 9.94. The average Bonchev–Trinajstić information content (AvgIpc) is 2.87. The number of nitrogens with zero attached hydrogens (tertiary/aromatic N) is 2. The van der Waals surface area contributed by atoms with E-state index in [-0.39, 0.29) is 0 Å². The quantitative estimate of drug-likeness (QED) is 0.901. The van der Waals surface area contributed by atoms with Gasteiger partial charge in [-0.25, -0.2) is 9.97 Å². The highest BCUT2D eigenvalue weighted by Crippen LogP contribution is 2.35. The van der Waals surface area contributed by atoms with Gasteiger partial charge in [0, 0.05) is 18.0 Å². The van der Waals surface area contributed by atoms with Crippen molar-refractivity contribution in [3.63, 3.8) is 0 Å². The highest BCUT2D eigenvalue weighted by molar-refractivity contribution is 7.10. The summed E-state index contributed by atoms with van der Waals surface area (Å²) in [5.74, 6) is 2.55. The first kappa shape index (κ1) is 12.4. The van der Waals surface area contributed by atoms with E-state index in [1.54, 1.807) is 0 Å². The van der Waals surface area contributed by atoms with Gasteiger partial charge in [0.15, 0.2) is 0 Å². The van der Waals surface area contributed by atoms with Crippen LogP contribution >= 0.6 is 11.3 Å². The summed E-state index contributed by atoms with van der Waals surface area (Å²) in [6.45, 7) is 1.92. The molecule has 0 amide bonds. The molecule has 3 rings (SSSR count). The number of anilines is 2. The van der Waals surface area contributed by atoms with Crippen LogP contribution in [0.3, 0.4) is 0 Å². The summed E-state index contributed by atoms with van der Waals surface area (Å²) in [5.41, 5.74) is 1.44. The summed E-state index contributed by atoms with van der Waals surface area (Å²) in [4.78, 5) is 10.3. The summed E-state index contributed by atoms with van der Waals surface area (Å²) in [5, 5.41) is 8.81. The molecule has 0 aromatic carbocycles. The van der Waals surface area contributed by atoms with E-state index < -0.39 is 0 Å². The number of aromatic nitrogens is 2. The van der Waals surface area contributed by atoms with Crippen molar-refractivity contribution in [1.82, 2.24) is 9.97 Å². The molecule has 0 saturated heterocycles. The second-order valence-electron chi connectivity index (χ2n) is 4.82. The Balaban J connectivity index is 1.85. The minimum absolute atomic E-state index is 0.383. The molecule has 1 aliphatic rings. The molecule has 0 fully saturated rings. The van der Waals surface area contributed by atoms with Crippen molar-refractivity contribution in [3.05, 3.63) is 33.8 Å². The highest BCUT2D eigenvalue weighted by Gasteiger charge is 2.21. The zero-order valence-electron chi connectivity index (χ0n) is 11.2. The molecule has 0 aliphatic heterocycles. The smallest absolute Gasteiger partial charge is 0.132 e. The molecule has 0 spiro atoms. The Labute approximate surface area is 117 Å². The molecule has 100 valence electrons. The molecular weight excluding hydrogens is 256 g/mol. The van der Waals surface area contributed by atoms with Gasteiger partial charge < -0.3 is 10.6 Å². The molecule has 0 radical (unpaired) electrons. The molecule has 4 nitrogen and oxygen atoms in total. The normalized spacial score (nSPS) is 17.9. The lowest BCUT2D eigenvalue weighted by molar-refractivity contribution is 0.606. The predicted octanol–water partition coefficient (Wildman–Crippen LogP) is 3.38.